The fraction of sp³-hybridized carbons (Fsp3) is 0.909. The number of rotatable bonds is 3. The van der Waals surface area contributed by atoms with Crippen LogP contribution in [0.3, 0.4) is 0 Å². The number of amidine groups is 1. The zero-order valence-electron chi connectivity index (χ0n) is 9.90. The number of nitrogens with one attached hydrogen (secondary N) is 1. The Morgan fingerprint density at radius 2 is 1.87 bits per heavy atom. The highest BCUT2D eigenvalue weighted by atomic mass is 16.4. The molecule has 0 aromatic rings. The molecule has 1 saturated carbocycles. The summed E-state index contributed by atoms with van der Waals surface area (Å²) in [6, 6.07) is 0.455. The van der Waals surface area contributed by atoms with Gasteiger partial charge in [-0.25, -0.2) is 0 Å². The number of nitrogens with zero attached hydrogens (tertiary/aromatic N) is 1. The van der Waals surface area contributed by atoms with Gasteiger partial charge in [-0.1, -0.05) is 19.0 Å². The molecule has 0 spiro atoms. The molecule has 0 saturated heterocycles. The number of nitrogens with two attached hydrogens (primary N) is 1. The van der Waals surface area contributed by atoms with Crippen molar-refractivity contribution in [2.45, 2.75) is 52.1 Å². The van der Waals surface area contributed by atoms with E-state index >= 15 is 0 Å². The first-order valence-electron chi connectivity index (χ1n) is 5.76. The fourth-order valence-electron chi connectivity index (χ4n) is 2.61. The van der Waals surface area contributed by atoms with Crippen molar-refractivity contribution in [3.63, 3.8) is 0 Å². The molecule has 1 fully saturated rings. The molecule has 3 unspecified atom stereocenters. The lowest BCUT2D eigenvalue weighted by molar-refractivity contribution is 0.235. The summed E-state index contributed by atoms with van der Waals surface area (Å²) in [6.07, 6.45) is 3.69. The normalized spacial score (nSPS) is 35.1. The Kier molecular flexibility index (Phi) is 4.39. The largest absolute Gasteiger partial charge is 0.409 e. The molecule has 88 valence electrons. The number of hydrogen-bond donors (Lipinski definition) is 3. The van der Waals surface area contributed by atoms with Crippen LogP contribution in [0.2, 0.25) is 0 Å². The Hall–Kier alpha value is -0.770. The minimum atomic E-state index is -0.0440. The highest BCUT2D eigenvalue weighted by Gasteiger charge is 2.25. The summed E-state index contributed by atoms with van der Waals surface area (Å²) in [5.74, 6) is 1.80. The van der Waals surface area contributed by atoms with Crippen LogP contribution in [0.25, 0.3) is 0 Å². The maximum Gasteiger partial charge on any atom is 0.156 e. The van der Waals surface area contributed by atoms with Gasteiger partial charge in [0.25, 0.3) is 0 Å². The molecule has 15 heavy (non-hydrogen) atoms. The summed E-state index contributed by atoms with van der Waals surface area (Å²) in [7, 11) is 0. The molecule has 0 radical (unpaired) electrons. The summed E-state index contributed by atoms with van der Waals surface area (Å²) < 4.78 is 0. The maximum absolute atomic E-state index is 8.56. The minimum Gasteiger partial charge on any atom is -0.409 e. The van der Waals surface area contributed by atoms with Crippen LogP contribution in [-0.2, 0) is 0 Å². The molecule has 4 N–H and O–H groups in total. The molecule has 0 aromatic carbocycles. The van der Waals surface area contributed by atoms with E-state index in [1.165, 1.54) is 19.3 Å². The third-order valence-electron chi connectivity index (χ3n) is 3.22. The van der Waals surface area contributed by atoms with Gasteiger partial charge in [-0.05, 0) is 38.0 Å². The molecule has 0 heterocycles. The van der Waals surface area contributed by atoms with Gasteiger partial charge in [-0.15, -0.1) is 0 Å². The highest BCUT2D eigenvalue weighted by molar-refractivity contribution is 5.84. The van der Waals surface area contributed by atoms with Crippen molar-refractivity contribution in [1.82, 2.24) is 5.32 Å². The summed E-state index contributed by atoms with van der Waals surface area (Å²) in [5.41, 5.74) is 5.54. The standard InChI is InChI=1S/C11H23N3O/c1-7-4-8(2)6-10(5-7)13-9(3)11(12)14-15/h7-10,13,15H,4-6H2,1-3H3,(H2,12,14). The van der Waals surface area contributed by atoms with Crippen molar-refractivity contribution in [2.75, 3.05) is 0 Å². The van der Waals surface area contributed by atoms with Crippen LogP contribution in [0.5, 0.6) is 0 Å². The van der Waals surface area contributed by atoms with Crippen LogP contribution in [0, 0.1) is 11.8 Å². The van der Waals surface area contributed by atoms with Gasteiger partial charge in [0.05, 0.1) is 6.04 Å². The Balaban J connectivity index is 2.44. The SMILES string of the molecule is CC1CC(C)CC(NC(C)C(N)=NO)C1. The van der Waals surface area contributed by atoms with Crippen molar-refractivity contribution in [2.24, 2.45) is 22.7 Å². The zero-order chi connectivity index (χ0) is 11.4. The third kappa shape index (κ3) is 3.70. The van der Waals surface area contributed by atoms with Crippen LogP contribution in [-0.4, -0.2) is 23.1 Å². The molecule has 4 nitrogen and oxygen atoms in total. The Morgan fingerprint density at radius 1 is 1.33 bits per heavy atom. The molecule has 4 heteroatoms. The first kappa shape index (κ1) is 12.3. The van der Waals surface area contributed by atoms with Gasteiger partial charge < -0.3 is 16.3 Å². The van der Waals surface area contributed by atoms with Gasteiger partial charge in [0, 0.05) is 6.04 Å². The number of oxime groups is 1. The van der Waals surface area contributed by atoms with Gasteiger partial charge in [0.1, 0.15) is 0 Å². The van der Waals surface area contributed by atoms with Gasteiger partial charge in [-0.3, -0.25) is 0 Å². The first-order valence-corrected chi connectivity index (χ1v) is 5.76. The lowest BCUT2D eigenvalue weighted by atomic mass is 9.80. The van der Waals surface area contributed by atoms with Crippen LogP contribution in [0.1, 0.15) is 40.0 Å². The summed E-state index contributed by atoms with van der Waals surface area (Å²) >= 11 is 0. The van der Waals surface area contributed by atoms with Crippen molar-refractivity contribution in [1.29, 1.82) is 0 Å². The molecular formula is C11H23N3O. The average molecular weight is 213 g/mol. The third-order valence-corrected chi connectivity index (χ3v) is 3.22. The van der Waals surface area contributed by atoms with Crippen LogP contribution >= 0.6 is 0 Å². The summed E-state index contributed by atoms with van der Waals surface area (Å²) in [5, 5.41) is 15.0. The second kappa shape index (κ2) is 5.35. The predicted octanol–water partition coefficient (Wildman–Crippen LogP) is 1.54. The van der Waals surface area contributed by atoms with Gasteiger partial charge in [0.15, 0.2) is 5.84 Å². The maximum atomic E-state index is 8.56. The molecule has 1 rings (SSSR count). The predicted molar refractivity (Wildman–Crippen MR) is 62.0 cm³/mol. The summed E-state index contributed by atoms with van der Waals surface area (Å²) in [4.78, 5) is 0. The highest BCUT2D eigenvalue weighted by Crippen LogP contribution is 2.28. The quantitative estimate of drug-likeness (QED) is 0.288. The van der Waals surface area contributed by atoms with E-state index in [9.17, 15) is 0 Å². The molecule has 3 atom stereocenters. The minimum absolute atomic E-state index is 0.0440. The van der Waals surface area contributed by atoms with Crippen molar-refractivity contribution < 1.29 is 5.21 Å². The summed E-state index contributed by atoms with van der Waals surface area (Å²) in [6.45, 7) is 6.51. The Morgan fingerprint density at radius 3 is 2.33 bits per heavy atom. The molecule has 0 bridgehead atoms. The van der Waals surface area contributed by atoms with E-state index in [2.05, 4.69) is 24.3 Å². The van der Waals surface area contributed by atoms with Crippen LogP contribution in [0.15, 0.2) is 5.16 Å². The van der Waals surface area contributed by atoms with Crippen molar-refractivity contribution in [3.8, 4) is 0 Å². The molecule has 1 aliphatic carbocycles. The molecule has 0 aliphatic heterocycles. The smallest absolute Gasteiger partial charge is 0.156 e. The van der Waals surface area contributed by atoms with Crippen molar-refractivity contribution >= 4 is 5.84 Å². The van der Waals surface area contributed by atoms with E-state index in [-0.39, 0.29) is 11.9 Å². The lowest BCUT2D eigenvalue weighted by Crippen LogP contribution is -2.47. The molecular weight excluding hydrogens is 190 g/mol. The monoisotopic (exact) mass is 213 g/mol. The van der Waals surface area contributed by atoms with E-state index in [0.717, 1.165) is 11.8 Å². The Labute approximate surface area is 91.9 Å². The fourth-order valence-corrected chi connectivity index (χ4v) is 2.61. The second-order valence-electron chi connectivity index (χ2n) is 5.03. The van der Waals surface area contributed by atoms with Crippen molar-refractivity contribution in [3.05, 3.63) is 0 Å². The molecule has 0 aromatic heterocycles. The van der Waals surface area contributed by atoms with Gasteiger partial charge in [-0.2, -0.15) is 0 Å². The lowest BCUT2D eigenvalue weighted by Gasteiger charge is -2.33. The van der Waals surface area contributed by atoms with Crippen LogP contribution < -0.4 is 11.1 Å². The molecule has 1 aliphatic rings. The second-order valence-corrected chi connectivity index (χ2v) is 5.03. The van der Waals surface area contributed by atoms with E-state index in [4.69, 9.17) is 10.9 Å². The van der Waals surface area contributed by atoms with Gasteiger partial charge >= 0.3 is 0 Å². The first-order chi connectivity index (χ1) is 7.02. The molecule has 0 amide bonds. The van der Waals surface area contributed by atoms with E-state index in [0.29, 0.717) is 6.04 Å². The van der Waals surface area contributed by atoms with E-state index in [1.807, 2.05) is 6.92 Å². The van der Waals surface area contributed by atoms with Crippen LogP contribution in [0.4, 0.5) is 0 Å². The zero-order valence-corrected chi connectivity index (χ0v) is 9.90. The van der Waals surface area contributed by atoms with Gasteiger partial charge in [0.2, 0.25) is 0 Å². The van der Waals surface area contributed by atoms with E-state index < -0.39 is 0 Å². The van der Waals surface area contributed by atoms with E-state index in [1.54, 1.807) is 0 Å². The average Bonchev–Trinajstić information content (AvgIpc) is 2.14. The topological polar surface area (TPSA) is 70.6 Å². The number of hydrogen-bond acceptors (Lipinski definition) is 3. The Bertz CT molecular complexity index is 220.